The smallest absolute Gasteiger partial charge is 0.0754 e. The third kappa shape index (κ3) is 5.14. The molecule has 2 nitrogen and oxygen atoms in total. The molecule has 10 aromatic rings. The van der Waals surface area contributed by atoms with E-state index in [4.69, 9.17) is 0 Å². The number of nitrogens with zero attached hydrogens (tertiary/aromatic N) is 2. The molecule has 3 aliphatic rings. The van der Waals surface area contributed by atoms with Gasteiger partial charge in [0.1, 0.15) is 0 Å². The minimum atomic E-state index is -0.506. The molecule has 2 heteroatoms. The van der Waals surface area contributed by atoms with Gasteiger partial charge in [0.25, 0.3) is 0 Å². The molecule has 0 saturated heterocycles. The molecule has 0 unspecified atom stereocenters. The number of benzene rings is 10. The Morgan fingerprint density at radius 3 is 1.56 bits per heavy atom. The molecule has 1 aliphatic heterocycles. The predicted molar refractivity (Wildman–Crippen MR) is 267 cm³/mol. The van der Waals surface area contributed by atoms with E-state index >= 15 is 0 Å². The van der Waals surface area contributed by atoms with Crippen LogP contribution in [0.5, 0.6) is 0 Å². The Morgan fingerprint density at radius 1 is 0.328 bits per heavy atom. The molecular formula is C62H44N2. The summed E-state index contributed by atoms with van der Waals surface area (Å²) in [6.45, 7) is 4.72. The standard InChI is InChI=1S/C62H44N2/c1-61(2)53-22-10-8-20-49(53)51-37-35-48(40-57(51)61)63(47-34-30-41-16-6-7-17-43(41)38-47)46-32-28-42(29-33-46)44-31-36-52-50-21-9-11-23-54(50)62(58(52)39-44)55-24-12-14-26-59(55)64(45-18-4-3-5-19-45)60-27-15-13-25-56(60)62/h3-40H,1-2H3. The molecule has 2 aliphatic carbocycles. The Labute approximate surface area is 375 Å². The molecule has 0 amide bonds. The van der Waals surface area contributed by atoms with Crippen LogP contribution in [-0.4, -0.2) is 0 Å². The Kier molecular flexibility index (Phi) is 7.90. The summed E-state index contributed by atoms with van der Waals surface area (Å²) >= 11 is 0. The summed E-state index contributed by atoms with van der Waals surface area (Å²) in [7, 11) is 0. The van der Waals surface area contributed by atoms with Crippen LogP contribution in [0.15, 0.2) is 231 Å². The van der Waals surface area contributed by atoms with E-state index in [1.807, 2.05) is 0 Å². The van der Waals surface area contributed by atoms with E-state index in [-0.39, 0.29) is 5.41 Å². The monoisotopic (exact) mass is 816 g/mol. The zero-order valence-electron chi connectivity index (χ0n) is 35.8. The number of fused-ring (bicyclic) bond motifs is 13. The van der Waals surface area contributed by atoms with Gasteiger partial charge in [-0.05, 0) is 144 Å². The van der Waals surface area contributed by atoms with E-state index in [9.17, 15) is 0 Å². The molecule has 64 heavy (non-hydrogen) atoms. The second kappa shape index (κ2) is 13.8. The van der Waals surface area contributed by atoms with Crippen molar-refractivity contribution in [2.75, 3.05) is 9.80 Å². The van der Waals surface area contributed by atoms with Gasteiger partial charge in [-0.1, -0.05) is 178 Å². The molecule has 0 fully saturated rings. The van der Waals surface area contributed by atoms with Gasteiger partial charge in [0.2, 0.25) is 0 Å². The lowest BCUT2D eigenvalue weighted by Gasteiger charge is -2.45. The molecule has 13 rings (SSSR count). The van der Waals surface area contributed by atoms with Crippen LogP contribution in [0.25, 0.3) is 44.2 Å². The summed E-state index contributed by atoms with van der Waals surface area (Å²) in [6.07, 6.45) is 0. The maximum Gasteiger partial charge on any atom is 0.0754 e. The fourth-order valence-corrected chi connectivity index (χ4v) is 11.5. The van der Waals surface area contributed by atoms with Crippen LogP contribution in [0.1, 0.15) is 47.2 Å². The number of anilines is 6. The van der Waals surface area contributed by atoms with Crippen molar-refractivity contribution < 1.29 is 0 Å². The van der Waals surface area contributed by atoms with E-state index < -0.39 is 5.41 Å². The lowest BCUT2D eigenvalue weighted by Crippen LogP contribution is -2.36. The zero-order chi connectivity index (χ0) is 42.6. The van der Waals surface area contributed by atoms with Crippen molar-refractivity contribution in [1.29, 1.82) is 0 Å². The SMILES string of the molecule is CC1(C)c2ccccc2-c2ccc(N(c3ccc(-c4ccc5c(c4)C4(c6ccccc6-5)c5ccccc5N(c5ccccc5)c5ccccc54)cc3)c3ccc4ccccc4c3)cc21. The fraction of sp³-hybridized carbons (Fsp3) is 0.0645. The van der Waals surface area contributed by atoms with Crippen molar-refractivity contribution in [3.05, 3.63) is 264 Å². The van der Waals surface area contributed by atoms with Gasteiger partial charge < -0.3 is 9.80 Å². The molecule has 0 aromatic heterocycles. The first-order valence-corrected chi connectivity index (χ1v) is 22.4. The minimum Gasteiger partial charge on any atom is -0.310 e. The number of hydrogen-bond acceptors (Lipinski definition) is 2. The second-order valence-corrected chi connectivity index (χ2v) is 18.1. The third-order valence-electron chi connectivity index (χ3n) is 14.4. The highest BCUT2D eigenvalue weighted by Gasteiger charge is 2.51. The molecule has 0 radical (unpaired) electrons. The first-order valence-electron chi connectivity index (χ1n) is 22.4. The van der Waals surface area contributed by atoms with Gasteiger partial charge in [-0.15, -0.1) is 0 Å². The van der Waals surface area contributed by atoms with Gasteiger partial charge >= 0.3 is 0 Å². The maximum atomic E-state index is 2.48. The molecule has 302 valence electrons. The van der Waals surface area contributed by atoms with Gasteiger partial charge in [0.15, 0.2) is 0 Å². The molecule has 0 N–H and O–H groups in total. The van der Waals surface area contributed by atoms with E-state index in [1.54, 1.807) is 0 Å². The molecule has 0 bridgehead atoms. The van der Waals surface area contributed by atoms with Crippen LogP contribution in [0, 0.1) is 0 Å². The van der Waals surface area contributed by atoms with Gasteiger partial charge in [-0.2, -0.15) is 0 Å². The van der Waals surface area contributed by atoms with E-state index in [2.05, 4.69) is 254 Å². The predicted octanol–water partition coefficient (Wildman–Crippen LogP) is 16.4. The Hall–Kier alpha value is -7.94. The van der Waals surface area contributed by atoms with Crippen molar-refractivity contribution in [3.8, 4) is 33.4 Å². The van der Waals surface area contributed by atoms with Crippen molar-refractivity contribution >= 4 is 44.9 Å². The molecular weight excluding hydrogens is 773 g/mol. The van der Waals surface area contributed by atoms with Crippen molar-refractivity contribution in [3.63, 3.8) is 0 Å². The van der Waals surface area contributed by atoms with Gasteiger partial charge in [0, 0.05) is 28.2 Å². The molecule has 1 heterocycles. The van der Waals surface area contributed by atoms with Gasteiger partial charge in [-0.3, -0.25) is 0 Å². The summed E-state index contributed by atoms with van der Waals surface area (Å²) in [5, 5.41) is 2.46. The molecule has 10 aromatic carbocycles. The van der Waals surface area contributed by atoms with Crippen LogP contribution in [0.2, 0.25) is 0 Å². The van der Waals surface area contributed by atoms with Crippen LogP contribution in [0.3, 0.4) is 0 Å². The highest BCUT2D eigenvalue weighted by atomic mass is 15.2. The number of hydrogen-bond donors (Lipinski definition) is 0. The van der Waals surface area contributed by atoms with E-state index in [0.717, 1.165) is 22.7 Å². The molecule has 0 atom stereocenters. The number of para-hydroxylation sites is 3. The average molecular weight is 817 g/mol. The largest absolute Gasteiger partial charge is 0.310 e. The van der Waals surface area contributed by atoms with Crippen LogP contribution in [-0.2, 0) is 10.8 Å². The molecule has 1 spiro atoms. The second-order valence-electron chi connectivity index (χ2n) is 18.1. The van der Waals surface area contributed by atoms with Gasteiger partial charge in [0.05, 0.1) is 16.8 Å². The van der Waals surface area contributed by atoms with E-state index in [0.29, 0.717) is 0 Å². The quantitative estimate of drug-likeness (QED) is 0.171. The minimum absolute atomic E-state index is 0.107. The van der Waals surface area contributed by atoms with Crippen molar-refractivity contribution in [2.45, 2.75) is 24.7 Å². The van der Waals surface area contributed by atoms with Crippen LogP contribution in [0.4, 0.5) is 34.1 Å². The number of rotatable bonds is 5. The topological polar surface area (TPSA) is 6.48 Å². The maximum absolute atomic E-state index is 2.48. The zero-order valence-corrected chi connectivity index (χ0v) is 35.8. The lowest BCUT2D eigenvalue weighted by molar-refractivity contribution is 0.660. The highest BCUT2D eigenvalue weighted by molar-refractivity contribution is 5.97. The summed E-state index contributed by atoms with van der Waals surface area (Å²) < 4.78 is 0. The summed E-state index contributed by atoms with van der Waals surface area (Å²) in [4.78, 5) is 4.87. The first-order chi connectivity index (χ1) is 31.5. The van der Waals surface area contributed by atoms with Crippen molar-refractivity contribution in [2.24, 2.45) is 0 Å². The van der Waals surface area contributed by atoms with Crippen LogP contribution < -0.4 is 9.80 Å². The summed E-state index contributed by atoms with van der Waals surface area (Å²) in [5.74, 6) is 0. The summed E-state index contributed by atoms with van der Waals surface area (Å²) in [6, 6.07) is 85.8. The Balaban J connectivity index is 0.962. The van der Waals surface area contributed by atoms with Crippen molar-refractivity contribution in [1.82, 2.24) is 0 Å². The average Bonchev–Trinajstić information content (AvgIpc) is 3.77. The first kappa shape index (κ1) is 36.7. The lowest BCUT2D eigenvalue weighted by atomic mass is 9.64. The highest BCUT2D eigenvalue weighted by Crippen LogP contribution is 2.63. The van der Waals surface area contributed by atoms with Crippen LogP contribution >= 0.6 is 0 Å². The van der Waals surface area contributed by atoms with Gasteiger partial charge in [-0.25, -0.2) is 0 Å². The fourth-order valence-electron chi connectivity index (χ4n) is 11.5. The third-order valence-corrected chi connectivity index (χ3v) is 14.4. The Bertz CT molecular complexity index is 3440. The summed E-state index contributed by atoms with van der Waals surface area (Å²) in [5.41, 5.74) is 22.0. The normalized spacial score (nSPS) is 14.3. The van der Waals surface area contributed by atoms with E-state index in [1.165, 1.54) is 88.9 Å². The Morgan fingerprint density at radius 2 is 0.828 bits per heavy atom. The molecule has 0 saturated carbocycles.